The van der Waals surface area contributed by atoms with Crippen molar-refractivity contribution in [2.24, 2.45) is 4.99 Å². The molecular formula is C8H13NS2. The van der Waals surface area contributed by atoms with Gasteiger partial charge in [0.15, 0.2) is 0 Å². The third-order valence-electron chi connectivity index (χ3n) is 1.10. The molecule has 0 aliphatic heterocycles. The van der Waals surface area contributed by atoms with Gasteiger partial charge in [-0.15, -0.1) is 23.5 Å². The third-order valence-corrected chi connectivity index (χ3v) is 2.78. The molecule has 11 heavy (non-hydrogen) atoms. The van der Waals surface area contributed by atoms with Gasteiger partial charge in [-0.05, 0) is 18.6 Å². The van der Waals surface area contributed by atoms with E-state index in [2.05, 4.69) is 11.6 Å². The van der Waals surface area contributed by atoms with Crippen LogP contribution in [0.1, 0.15) is 0 Å². The highest BCUT2D eigenvalue weighted by atomic mass is 32.2. The van der Waals surface area contributed by atoms with E-state index in [4.69, 9.17) is 0 Å². The molecule has 0 rings (SSSR count). The quantitative estimate of drug-likeness (QED) is 0.383. The van der Waals surface area contributed by atoms with Crippen molar-refractivity contribution >= 4 is 28.6 Å². The predicted octanol–water partition coefficient (Wildman–Crippen LogP) is 2.81. The summed E-state index contributed by atoms with van der Waals surface area (Å²) in [6.07, 6.45) is 7.82. The number of allylic oxidation sites excluding steroid dienone is 2. The molecular weight excluding hydrogens is 174 g/mol. The topological polar surface area (TPSA) is 12.4 Å². The second kappa shape index (κ2) is 6.55. The largest absolute Gasteiger partial charge is 0.281 e. The summed E-state index contributed by atoms with van der Waals surface area (Å²) in [7, 11) is 1.80. The molecule has 0 aromatic rings. The summed E-state index contributed by atoms with van der Waals surface area (Å²) in [6.45, 7) is 3.65. The minimum absolute atomic E-state index is 1.07. The Balaban J connectivity index is 4.47. The second-order valence-corrected chi connectivity index (χ2v) is 3.35. The SMILES string of the molecule is C=C/C=C(/SC)C(=NC)SC. The Morgan fingerprint density at radius 2 is 2.00 bits per heavy atom. The maximum Gasteiger partial charge on any atom is 0.103 e. The first-order chi connectivity index (χ1) is 5.29. The van der Waals surface area contributed by atoms with Gasteiger partial charge < -0.3 is 0 Å². The lowest BCUT2D eigenvalue weighted by Gasteiger charge is -2.02. The lowest BCUT2D eigenvalue weighted by Crippen LogP contribution is -1.92. The van der Waals surface area contributed by atoms with E-state index in [1.807, 2.05) is 18.6 Å². The lowest BCUT2D eigenvalue weighted by atomic mass is 10.5. The van der Waals surface area contributed by atoms with Gasteiger partial charge in [-0.25, -0.2) is 0 Å². The molecule has 0 aromatic heterocycles. The minimum Gasteiger partial charge on any atom is -0.281 e. The first-order valence-corrected chi connectivity index (χ1v) is 5.63. The number of hydrogen-bond acceptors (Lipinski definition) is 3. The van der Waals surface area contributed by atoms with Crippen LogP contribution in [0.2, 0.25) is 0 Å². The fraction of sp³-hybridized carbons (Fsp3) is 0.375. The number of hydrogen-bond donors (Lipinski definition) is 0. The zero-order chi connectivity index (χ0) is 8.69. The molecule has 1 nitrogen and oxygen atoms in total. The monoisotopic (exact) mass is 187 g/mol. The highest BCUT2D eigenvalue weighted by molar-refractivity contribution is 8.17. The zero-order valence-electron chi connectivity index (χ0n) is 7.13. The van der Waals surface area contributed by atoms with Gasteiger partial charge >= 0.3 is 0 Å². The van der Waals surface area contributed by atoms with Crippen LogP contribution in [0, 0.1) is 0 Å². The summed E-state index contributed by atoms with van der Waals surface area (Å²) in [5, 5.41) is 1.07. The summed E-state index contributed by atoms with van der Waals surface area (Å²) in [4.78, 5) is 5.31. The molecule has 0 aromatic carbocycles. The average molecular weight is 187 g/mol. The third kappa shape index (κ3) is 3.68. The van der Waals surface area contributed by atoms with Crippen LogP contribution in [-0.4, -0.2) is 24.6 Å². The molecule has 0 saturated carbocycles. The van der Waals surface area contributed by atoms with Gasteiger partial charge in [-0.3, -0.25) is 4.99 Å². The summed E-state index contributed by atoms with van der Waals surface area (Å²) in [5.41, 5.74) is 0. The van der Waals surface area contributed by atoms with Gasteiger partial charge in [-0.2, -0.15) is 0 Å². The lowest BCUT2D eigenvalue weighted by molar-refractivity contribution is 1.47. The van der Waals surface area contributed by atoms with Crippen LogP contribution >= 0.6 is 23.5 Å². The molecule has 0 saturated heterocycles. The second-order valence-electron chi connectivity index (χ2n) is 1.70. The van der Waals surface area contributed by atoms with Gasteiger partial charge in [0.2, 0.25) is 0 Å². The fourth-order valence-electron chi connectivity index (χ4n) is 0.636. The van der Waals surface area contributed by atoms with Crippen LogP contribution in [0.3, 0.4) is 0 Å². The van der Waals surface area contributed by atoms with E-state index in [1.54, 1.807) is 36.6 Å². The van der Waals surface area contributed by atoms with Gasteiger partial charge in [0, 0.05) is 12.0 Å². The van der Waals surface area contributed by atoms with Crippen molar-refractivity contribution in [1.29, 1.82) is 0 Å². The van der Waals surface area contributed by atoms with Crippen molar-refractivity contribution in [3.05, 3.63) is 23.6 Å². The molecule has 62 valence electrons. The highest BCUT2D eigenvalue weighted by Crippen LogP contribution is 2.19. The van der Waals surface area contributed by atoms with Gasteiger partial charge in [0.1, 0.15) is 5.04 Å². The van der Waals surface area contributed by atoms with Crippen LogP contribution < -0.4 is 0 Å². The number of thioether (sulfide) groups is 2. The molecule has 0 fully saturated rings. The number of rotatable bonds is 3. The Kier molecular flexibility index (Phi) is 6.46. The Bertz CT molecular complexity index is 183. The molecule has 0 atom stereocenters. The smallest absolute Gasteiger partial charge is 0.103 e. The van der Waals surface area contributed by atoms with Crippen molar-refractivity contribution in [1.82, 2.24) is 0 Å². The van der Waals surface area contributed by atoms with Crippen LogP contribution in [0.25, 0.3) is 0 Å². The molecule has 0 heterocycles. The molecule has 0 unspecified atom stereocenters. The van der Waals surface area contributed by atoms with Crippen molar-refractivity contribution in [3.63, 3.8) is 0 Å². The Morgan fingerprint density at radius 3 is 2.27 bits per heavy atom. The van der Waals surface area contributed by atoms with Crippen molar-refractivity contribution < 1.29 is 0 Å². The van der Waals surface area contributed by atoms with Gasteiger partial charge in [0.05, 0.1) is 0 Å². The van der Waals surface area contributed by atoms with E-state index in [0.717, 1.165) is 5.04 Å². The molecule has 0 aliphatic rings. The summed E-state index contributed by atoms with van der Waals surface area (Å²) >= 11 is 3.35. The molecule has 0 N–H and O–H groups in total. The summed E-state index contributed by atoms with van der Waals surface area (Å²) in [5.74, 6) is 0. The Morgan fingerprint density at radius 1 is 1.36 bits per heavy atom. The van der Waals surface area contributed by atoms with Crippen LogP contribution in [-0.2, 0) is 0 Å². The highest BCUT2D eigenvalue weighted by Gasteiger charge is 2.00. The van der Waals surface area contributed by atoms with Crippen LogP contribution in [0.4, 0.5) is 0 Å². The van der Waals surface area contributed by atoms with E-state index in [9.17, 15) is 0 Å². The predicted molar refractivity (Wildman–Crippen MR) is 58.7 cm³/mol. The Hall–Kier alpha value is -0.150. The zero-order valence-corrected chi connectivity index (χ0v) is 8.76. The van der Waals surface area contributed by atoms with E-state index in [1.165, 1.54) is 4.91 Å². The first kappa shape index (κ1) is 10.8. The minimum atomic E-state index is 1.07. The standard InChI is InChI=1S/C8H13NS2/c1-5-6-7(10-3)8(9-2)11-4/h5-6H,1H2,2-4H3/b7-6+,9-8?. The first-order valence-electron chi connectivity index (χ1n) is 3.18. The maximum atomic E-state index is 4.14. The average Bonchev–Trinajstić information content (AvgIpc) is 2.05. The Labute approximate surface area is 77.1 Å². The molecule has 0 bridgehead atoms. The van der Waals surface area contributed by atoms with Crippen LogP contribution in [0.15, 0.2) is 28.6 Å². The normalized spacial score (nSPS) is 13.4. The summed E-state index contributed by atoms with van der Waals surface area (Å²) < 4.78 is 0. The van der Waals surface area contributed by atoms with E-state index < -0.39 is 0 Å². The number of aliphatic imine (C=N–C) groups is 1. The van der Waals surface area contributed by atoms with Crippen molar-refractivity contribution in [2.75, 3.05) is 19.6 Å². The maximum absolute atomic E-state index is 4.14. The van der Waals surface area contributed by atoms with E-state index >= 15 is 0 Å². The van der Waals surface area contributed by atoms with Gasteiger partial charge in [0.25, 0.3) is 0 Å². The number of nitrogens with zero attached hydrogens (tertiary/aromatic N) is 1. The molecule has 0 amide bonds. The van der Waals surface area contributed by atoms with Crippen LogP contribution in [0.5, 0.6) is 0 Å². The van der Waals surface area contributed by atoms with Crippen molar-refractivity contribution in [3.8, 4) is 0 Å². The molecule has 3 heteroatoms. The van der Waals surface area contributed by atoms with E-state index in [-0.39, 0.29) is 0 Å². The molecule has 0 aliphatic carbocycles. The molecule has 0 spiro atoms. The van der Waals surface area contributed by atoms with Gasteiger partial charge in [-0.1, -0.05) is 12.7 Å². The molecule has 0 radical (unpaired) electrons. The van der Waals surface area contributed by atoms with Crippen molar-refractivity contribution in [2.45, 2.75) is 0 Å². The fourth-order valence-corrected chi connectivity index (χ4v) is 2.09. The summed E-state index contributed by atoms with van der Waals surface area (Å²) in [6, 6.07) is 0. The van der Waals surface area contributed by atoms with E-state index in [0.29, 0.717) is 0 Å².